The first kappa shape index (κ1) is 11.6. The first-order chi connectivity index (χ1) is 8.33. The van der Waals surface area contributed by atoms with E-state index in [0.717, 1.165) is 24.0 Å². The highest BCUT2D eigenvalue weighted by molar-refractivity contribution is 6.12. The van der Waals surface area contributed by atoms with Crippen molar-refractivity contribution in [3.05, 3.63) is 40.7 Å². The molecule has 1 aromatic heterocycles. The molecule has 18 heavy (non-hydrogen) atoms. The second-order valence-corrected chi connectivity index (χ2v) is 6.30. The number of nitrogens with zero attached hydrogens (tertiary/aromatic N) is 1. The molecule has 0 saturated carbocycles. The highest BCUT2D eigenvalue weighted by Crippen LogP contribution is 2.52. The van der Waals surface area contributed by atoms with Gasteiger partial charge in [-0.15, -0.1) is 0 Å². The zero-order valence-electron chi connectivity index (χ0n) is 10.9. The summed E-state index contributed by atoms with van der Waals surface area (Å²) in [5.41, 5.74) is 1.97. The van der Waals surface area contributed by atoms with Crippen molar-refractivity contribution in [2.75, 3.05) is 0 Å². The summed E-state index contributed by atoms with van der Waals surface area (Å²) in [5.74, 6) is 0.0465. The second kappa shape index (κ2) is 3.29. The fourth-order valence-corrected chi connectivity index (χ4v) is 3.24. The van der Waals surface area contributed by atoms with Gasteiger partial charge in [0.25, 0.3) is 0 Å². The lowest BCUT2D eigenvalue weighted by Gasteiger charge is -2.32. The van der Waals surface area contributed by atoms with Crippen LogP contribution in [0.3, 0.4) is 0 Å². The molecule has 3 rings (SSSR count). The first-order valence-electron chi connectivity index (χ1n) is 6.27. The Bertz CT molecular complexity index is 582. The predicted molar refractivity (Wildman–Crippen MR) is 68.2 cm³/mol. The minimum atomic E-state index is -1.03. The number of fused-ring (bicyclic) bond motifs is 1. The molecule has 0 amide bonds. The van der Waals surface area contributed by atoms with Gasteiger partial charge in [-0.2, -0.15) is 0 Å². The Balaban J connectivity index is 2.23. The van der Waals surface area contributed by atoms with Crippen LogP contribution in [0, 0.1) is 5.41 Å². The standard InChI is InChI=1S/C15H17NO2/c1-14(2)6-9-12(7-14)15(3,18)11-4-5-16-8-10(11)13(9)17/h4-5,8,18H,6-7H2,1-3H3/t15-/m1/s1. The minimum Gasteiger partial charge on any atom is -0.381 e. The lowest BCUT2D eigenvalue weighted by Crippen LogP contribution is -2.32. The van der Waals surface area contributed by atoms with Gasteiger partial charge in [-0.05, 0) is 36.8 Å². The zero-order valence-corrected chi connectivity index (χ0v) is 10.9. The molecule has 0 bridgehead atoms. The summed E-state index contributed by atoms with van der Waals surface area (Å²) in [7, 11) is 0. The summed E-state index contributed by atoms with van der Waals surface area (Å²) in [4.78, 5) is 16.5. The quantitative estimate of drug-likeness (QED) is 0.762. The van der Waals surface area contributed by atoms with Crippen LogP contribution in [0.25, 0.3) is 0 Å². The van der Waals surface area contributed by atoms with Crippen molar-refractivity contribution in [2.24, 2.45) is 5.41 Å². The Morgan fingerprint density at radius 3 is 2.72 bits per heavy atom. The average Bonchev–Trinajstić information content (AvgIpc) is 2.64. The van der Waals surface area contributed by atoms with E-state index in [1.165, 1.54) is 0 Å². The molecule has 3 nitrogen and oxygen atoms in total. The summed E-state index contributed by atoms with van der Waals surface area (Å²) < 4.78 is 0. The van der Waals surface area contributed by atoms with Crippen LogP contribution < -0.4 is 0 Å². The molecule has 1 aromatic rings. The molecule has 0 aliphatic heterocycles. The number of allylic oxidation sites excluding steroid dienone is 1. The number of hydrogen-bond acceptors (Lipinski definition) is 3. The van der Waals surface area contributed by atoms with Crippen LogP contribution >= 0.6 is 0 Å². The lowest BCUT2D eigenvalue weighted by atomic mass is 9.76. The molecule has 3 heteroatoms. The van der Waals surface area contributed by atoms with Crippen LogP contribution in [0.5, 0.6) is 0 Å². The highest BCUT2D eigenvalue weighted by atomic mass is 16.3. The summed E-state index contributed by atoms with van der Waals surface area (Å²) in [6.07, 6.45) is 4.72. The van der Waals surface area contributed by atoms with E-state index in [2.05, 4.69) is 18.8 Å². The molecule has 0 fully saturated rings. The zero-order chi connectivity index (χ0) is 13.1. The molecule has 1 heterocycles. The molecule has 1 atom stereocenters. The van der Waals surface area contributed by atoms with Gasteiger partial charge in [-0.1, -0.05) is 13.8 Å². The summed E-state index contributed by atoms with van der Waals surface area (Å²) >= 11 is 0. The van der Waals surface area contributed by atoms with Gasteiger partial charge >= 0.3 is 0 Å². The number of ketones is 1. The Hall–Kier alpha value is -1.48. The van der Waals surface area contributed by atoms with E-state index in [1.807, 2.05) is 0 Å². The molecule has 0 radical (unpaired) electrons. The second-order valence-electron chi connectivity index (χ2n) is 6.30. The van der Waals surface area contributed by atoms with Crippen LogP contribution in [-0.2, 0) is 5.60 Å². The molecule has 0 unspecified atom stereocenters. The maximum Gasteiger partial charge on any atom is 0.191 e. The number of carbonyl (C=O) groups excluding carboxylic acids is 1. The van der Waals surface area contributed by atoms with Gasteiger partial charge in [-0.25, -0.2) is 0 Å². The maximum absolute atomic E-state index is 12.5. The Morgan fingerprint density at radius 2 is 2.00 bits per heavy atom. The molecule has 2 aliphatic carbocycles. The summed E-state index contributed by atoms with van der Waals surface area (Å²) in [6.45, 7) is 6.06. The van der Waals surface area contributed by atoms with Crippen LogP contribution in [0.2, 0.25) is 0 Å². The Morgan fingerprint density at radius 1 is 1.28 bits per heavy atom. The maximum atomic E-state index is 12.5. The van der Waals surface area contributed by atoms with Crippen molar-refractivity contribution < 1.29 is 9.90 Å². The third-order valence-electron chi connectivity index (χ3n) is 4.13. The average molecular weight is 243 g/mol. The third kappa shape index (κ3) is 1.40. The van der Waals surface area contributed by atoms with Crippen molar-refractivity contribution in [1.29, 1.82) is 0 Å². The Labute approximate surface area is 107 Å². The predicted octanol–water partition coefficient (Wildman–Crippen LogP) is 2.60. The fraction of sp³-hybridized carbons (Fsp3) is 0.467. The fourth-order valence-electron chi connectivity index (χ4n) is 3.24. The molecule has 1 N–H and O–H groups in total. The van der Waals surface area contributed by atoms with Gasteiger partial charge < -0.3 is 5.11 Å². The van der Waals surface area contributed by atoms with E-state index >= 15 is 0 Å². The van der Waals surface area contributed by atoms with Crippen molar-refractivity contribution in [3.63, 3.8) is 0 Å². The van der Waals surface area contributed by atoms with Gasteiger partial charge in [0.1, 0.15) is 5.60 Å². The van der Waals surface area contributed by atoms with E-state index in [1.54, 1.807) is 25.4 Å². The molecule has 0 saturated heterocycles. The van der Waals surface area contributed by atoms with Crippen molar-refractivity contribution >= 4 is 5.78 Å². The van der Waals surface area contributed by atoms with E-state index in [9.17, 15) is 9.90 Å². The minimum absolute atomic E-state index is 0.0465. The monoisotopic (exact) mass is 243 g/mol. The molecule has 0 aromatic carbocycles. The van der Waals surface area contributed by atoms with Gasteiger partial charge in [0.05, 0.1) is 0 Å². The topological polar surface area (TPSA) is 50.2 Å². The molecular formula is C15H17NO2. The first-order valence-corrected chi connectivity index (χ1v) is 6.27. The van der Waals surface area contributed by atoms with Crippen LogP contribution in [0.4, 0.5) is 0 Å². The summed E-state index contributed by atoms with van der Waals surface area (Å²) in [5, 5.41) is 10.8. The number of pyridine rings is 1. The molecular weight excluding hydrogens is 226 g/mol. The van der Waals surface area contributed by atoms with Crippen molar-refractivity contribution in [3.8, 4) is 0 Å². The van der Waals surface area contributed by atoms with E-state index in [-0.39, 0.29) is 11.2 Å². The van der Waals surface area contributed by atoms with E-state index < -0.39 is 5.60 Å². The number of aromatic nitrogens is 1. The van der Waals surface area contributed by atoms with Crippen LogP contribution in [0.1, 0.15) is 49.5 Å². The SMILES string of the molecule is CC1(C)CC2=C(C1)[C@](C)(O)c1ccncc1C2=O. The van der Waals surface area contributed by atoms with Gasteiger partial charge in [-0.3, -0.25) is 9.78 Å². The molecule has 94 valence electrons. The number of rotatable bonds is 0. The number of hydrogen-bond donors (Lipinski definition) is 1. The van der Waals surface area contributed by atoms with E-state index in [0.29, 0.717) is 11.1 Å². The smallest absolute Gasteiger partial charge is 0.191 e. The highest BCUT2D eigenvalue weighted by Gasteiger charge is 2.47. The summed E-state index contributed by atoms with van der Waals surface area (Å²) in [6, 6.07) is 1.75. The largest absolute Gasteiger partial charge is 0.381 e. The van der Waals surface area contributed by atoms with Crippen molar-refractivity contribution in [2.45, 2.75) is 39.2 Å². The third-order valence-corrected chi connectivity index (χ3v) is 4.13. The normalized spacial score (nSPS) is 29.2. The van der Waals surface area contributed by atoms with Crippen LogP contribution in [0.15, 0.2) is 29.6 Å². The van der Waals surface area contributed by atoms with Gasteiger partial charge in [0, 0.05) is 29.1 Å². The molecule has 0 spiro atoms. The number of Topliss-reactive ketones (excluding diaryl/α,β-unsaturated/α-hetero) is 1. The number of aliphatic hydroxyl groups is 1. The van der Waals surface area contributed by atoms with Crippen LogP contribution in [-0.4, -0.2) is 15.9 Å². The van der Waals surface area contributed by atoms with Gasteiger partial charge in [0.2, 0.25) is 0 Å². The van der Waals surface area contributed by atoms with Gasteiger partial charge in [0.15, 0.2) is 5.78 Å². The number of carbonyl (C=O) groups is 1. The Kier molecular flexibility index (Phi) is 2.12. The molecule has 2 aliphatic rings. The lowest BCUT2D eigenvalue weighted by molar-refractivity contribution is 0.0810. The van der Waals surface area contributed by atoms with Crippen molar-refractivity contribution in [1.82, 2.24) is 4.98 Å². The van der Waals surface area contributed by atoms with E-state index in [4.69, 9.17) is 0 Å².